The minimum absolute atomic E-state index is 0.510. The smallest absolute Gasteiger partial charge is 0.119 e. The van der Waals surface area contributed by atoms with Crippen molar-refractivity contribution in [2.45, 2.75) is 75.5 Å². The van der Waals surface area contributed by atoms with Crippen LogP contribution in [0.3, 0.4) is 0 Å². The predicted octanol–water partition coefficient (Wildman–Crippen LogP) is 8.01. The number of methoxy groups -OCH3 is 2. The molecule has 3 aromatic carbocycles. The summed E-state index contributed by atoms with van der Waals surface area (Å²) in [5, 5.41) is 10.8. The minimum Gasteiger partial charge on any atom is -0.497 e. The Kier molecular flexibility index (Phi) is 7.12. The van der Waals surface area contributed by atoms with Gasteiger partial charge in [-0.05, 0) is 121 Å². The summed E-state index contributed by atoms with van der Waals surface area (Å²) in [5.74, 6) is 6.00. The minimum atomic E-state index is 0.510. The Morgan fingerprint density at radius 1 is 0.609 bits per heavy atom. The first-order valence-corrected chi connectivity index (χ1v) is 17.5. The van der Waals surface area contributed by atoms with Gasteiger partial charge in [-0.25, -0.2) is 0 Å². The van der Waals surface area contributed by atoms with Gasteiger partial charge in [0.15, 0.2) is 0 Å². The second-order valence-corrected chi connectivity index (χ2v) is 14.7. The second-order valence-electron chi connectivity index (χ2n) is 14.7. The third kappa shape index (κ3) is 4.75. The van der Waals surface area contributed by atoms with E-state index in [-0.39, 0.29) is 0 Å². The van der Waals surface area contributed by atoms with E-state index in [4.69, 9.17) is 9.47 Å². The van der Waals surface area contributed by atoms with E-state index in [0.29, 0.717) is 23.9 Å². The zero-order chi connectivity index (χ0) is 30.8. The first-order chi connectivity index (χ1) is 22.7. The summed E-state index contributed by atoms with van der Waals surface area (Å²) in [6.45, 7) is 1.83. The van der Waals surface area contributed by atoms with Crippen molar-refractivity contribution >= 4 is 21.8 Å². The molecule has 4 aliphatic carbocycles. The molecule has 4 N–H and O–H groups in total. The third-order valence-corrected chi connectivity index (χ3v) is 12.5. The molecule has 238 valence electrons. The van der Waals surface area contributed by atoms with Crippen molar-refractivity contribution < 1.29 is 9.47 Å². The Balaban J connectivity index is 0.904. The van der Waals surface area contributed by atoms with Crippen LogP contribution in [0.4, 0.5) is 0 Å². The standard InChI is InChI=1S/C40H46N4O2/c1-45-29-10-12-35-31(17-29)33(21-41-35)37-25-6-8-27(15-25)39(37)43-19-23-4-3-5-24(14-23)20-44-40-28-9-7-26(16-28)38(40)34-22-42-36-13-11-30(46-2)18-32(34)36/h3-5,10-14,17-18,21-22,25-28,37-44H,6-9,15-16,19-20H2,1-2H3/t25-,26-,27-,28+,37+,38+,39-,40+/m0/s1. The zero-order valence-corrected chi connectivity index (χ0v) is 27.0. The van der Waals surface area contributed by atoms with Gasteiger partial charge in [-0.2, -0.15) is 0 Å². The van der Waals surface area contributed by atoms with Crippen molar-refractivity contribution in [2.24, 2.45) is 23.7 Å². The number of aromatic nitrogens is 2. The number of rotatable bonds is 10. The van der Waals surface area contributed by atoms with Crippen LogP contribution in [0.2, 0.25) is 0 Å². The molecule has 0 spiro atoms. The molecule has 0 radical (unpaired) electrons. The SMILES string of the molecule is COc1ccc2[nH]cc([C@H]3[C@H]4CC[C@H](C4)[C@H]3NCc3cccc(CN[C@H]4[C@H]5CC[C@@H](C5)[C@@H]4c4c[nH]c5ccc(OC)cc45)c3)c2c1. The van der Waals surface area contributed by atoms with Gasteiger partial charge < -0.3 is 30.1 Å². The molecule has 4 saturated carbocycles. The van der Waals surface area contributed by atoms with Crippen molar-refractivity contribution in [2.75, 3.05) is 14.2 Å². The number of aromatic amines is 2. The Morgan fingerprint density at radius 2 is 1.09 bits per heavy atom. The maximum Gasteiger partial charge on any atom is 0.119 e. The van der Waals surface area contributed by atoms with Gasteiger partial charge in [0.25, 0.3) is 0 Å². The number of nitrogens with one attached hydrogen (secondary N) is 4. The molecule has 0 unspecified atom stereocenters. The van der Waals surface area contributed by atoms with Gasteiger partial charge in [-0.1, -0.05) is 24.3 Å². The van der Waals surface area contributed by atoms with Crippen molar-refractivity contribution in [1.29, 1.82) is 0 Å². The Morgan fingerprint density at radius 3 is 1.57 bits per heavy atom. The van der Waals surface area contributed by atoms with Gasteiger partial charge in [0, 0.05) is 71.2 Å². The number of fused-ring (bicyclic) bond motifs is 6. The average Bonchev–Trinajstić information content (AvgIpc) is 3.95. The lowest BCUT2D eigenvalue weighted by Gasteiger charge is -2.32. The molecule has 6 nitrogen and oxygen atoms in total. The molecule has 4 fully saturated rings. The van der Waals surface area contributed by atoms with Gasteiger partial charge in [0.2, 0.25) is 0 Å². The molecule has 4 bridgehead atoms. The van der Waals surface area contributed by atoms with Crippen LogP contribution in [0.25, 0.3) is 21.8 Å². The lowest BCUT2D eigenvalue weighted by molar-refractivity contribution is 0.309. The Bertz CT molecular complexity index is 1740. The van der Waals surface area contributed by atoms with Gasteiger partial charge >= 0.3 is 0 Å². The summed E-state index contributed by atoms with van der Waals surface area (Å²) in [6, 6.07) is 23.2. The van der Waals surface area contributed by atoms with E-state index in [1.807, 2.05) is 0 Å². The Hall–Kier alpha value is -3.74. The van der Waals surface area contributed by atoms with Crippen LogP contribution in [-0.4, -0.2) is 36.3 Å². The average molecular weight is 615 g/mol. The maximum atomic E-state index is 5.59. The highest BCUT2D eigenvalue weighted by Gasteiger charge is 2.49. The summed E-state index contributed by atoms with van der Waals surface area (Å²) in [4.78, 5) is 7.11. The van der Waals surface area contributed by atoms with Crippen LogP contribution >= 0.6 is 0 Å². The second kappa shape index (κ2) is 11.5. The maximum absolute atomic E-state index is 5.59. The van der Waals surface area contributed by atoms with E-state index in [1.54, 1.807) is 14.2 Å². The van der Waals surface area contributed by atoms with E-state index in [1.165, 1.54) is 82.6 Å². The fraction of sp³-hybridized carbons (Fsp3) is 0.450. The molecule has 46 heavy (non-hydrogen) atoms. The first kappa shape index (κ1) is 28.5. The van der Waals surface area contributed by atoms with E-state index in [9.17, 15) is 0 Å². The molecule has 0 amide bonds. The van der Waals surface area contributed by atoms with Crippen molar-refractivity contribution in [3.8, 4) is 11.5 Å². The van der Waals surface area contributed by atoms with Gasteiger partial charge in [-0.3, -0.25) is 0 Å². The number of benzene rings is 3. The first-order valence-electron chi connectivity index (χ1n) is 17.5. The molecule has 2 aromatic heterocycles. The fourth-order valence-corrected chi connectivity index (χ4v) is 10.4. The highest BCUT2D eigenvalue weighted by Crippen LogP contribution is 2.55. The highest BCUT2D eigenvalue weighted by atomic mass is 16.5. The molecule has 5 aromatic rings. The number of hydrogen-bond donors (Lipinski definition) is 4. The van der Waals surface area contributed by atoms with Crippen LogP contribution in [0.15, 0.2) is 73.1 Å². The van der Waals surface area contributed by atoms with Crippen LogP contribution < -0.4 is 20.1 Å². The molecular weight excluding hydrogens is 568 g/mol. The predicted molar refractivity (Wildman–Crippen MR) is 185 cm³/mol. The van der Waals surface area contributed by atoms with Crippen molar-refractivity contribution in [3.63, 3.8) is 0 Å². The summed E-state index contributed by atoms with van der Waals surface area (Å²) in [5.41, 5.74) is 8.11. The largest absolute Gasteiger partial charge is 0.497 e. The fourth-order valence-electron chi connectivity index (χ4n) is 10.4. The van der Waals surface area contributed by atoms with E-state index in [2.05, 4.69) is 93.7 Å². The Labute approximate surface area is 271 Å². The van der Waals surface area contributed by atoms with Gasteiger partial charge in [0.05, 0.1) is 14.2 Å². The third-order valence-electron chi connectivity index (χ3n) is 12.5. The summed E-state index contributed by atoms with van der Waals surface area (Å²) in [6.07, 6.45) is 12.6. The molecule has 4 aliphatic rings. The zero-order valence-electron chi connectivity index (χ0n) is 27.0. The van der Waals surface area contributed by atoms with Crippen LogP contribution in [-0.2, 0) is 13.1 Å². The van der Waals surface area contributed by atoms with Crippen LogP contribution in [0.1, 0.15) is 72.6 Å². The molecule has 0 saturated heterocycles. The lowest BCUT2D eigenvalue weighted by atomic mass is 9.79. The number of H-pyrrole nitrogens is 2. The van der Waals surface area contributed by atoms with Crippen LogP contribution in [0, 0.1) is 23.7 Å². The molecule has 6 heteroatoms. The van der Waals surface area contributed by atoms with Crippen LogP contribution in [0.5, 0.6) is 11.5 Å². The monoisotopic (exact) mass is 614 g/mol. The van der Waals surface area contributed by atoms with E-state index in [0.717, 1.165) is 48.3 Å². The van der Waals surface area contributed by atoms with Crippen molar-refractivity contribution in [1.82, 2.24) is 20.6 Å². The van der Waals surface area contributed by atoms with Gasteiger partial charge in [-0.15, -0.1) is 0 Å². The van der Waals surface area contributed by atoms with E-state index < -0.39 is 0 Å². The molecule has 0 aliphatic heterocycles. The summed E-state index contributed by atoms with van der Waals surface area (Å²) >= 11 is 0. The number of hydrogen-bond acceptors (Lipinski definition) is 4. The molecule has 9 rings (SSSR count). The molecule has 2 heterocycles. The molecule has 8 atom stereocenters. The lowest BCUT2D eigenvalue weighted by Crippen LogP contribution is -2.39. The summed E-state index contributed by atoms with van der Waals surface area (Å²) < 4.78 is 11.2. The normalized spacial score (nSPS) is 29.8. The summed E-state index contributed by atoms with van der Waals surface area (Å²) in [7, 11) is 3.52. The van der Waals surface area contributed by atoms with E-state index >= 15 is 0 Å². The quantitative estimate of drug-likeness (QED) is 0.129. The van der Waals surface area contributed by atoms with Crippen molar-refractivity contribution in [3.05, 3.63) is 95.3 Å². The molecular formula is C40H46N4O2. The van der Waals surface area contributed by atoms with Gasteiger partial charge in [0.1, 0.15) is 11.5 Å². The number of ether oxygens (including phenoxy) is 2. The highest BCUT2D eigenvalue weighted by molar-refractivity contribution is 5.86. The topological polar surface area (TPSA) is 74.1 Å².